The SMILES string of the molecule is CC(C(=O)O)c1ccc(CC2(C#N)CSCC2=O)cc1.COC(=O)C(C)c1ccc(CC2(C#N)CSCC2=O)cc1. The van der Waals surface area contributed by atoms with Crippen LogP contribution in [-0.4, -0.2) is 58.7 Å². The Morgan fingerprint density at radius 2 is 1.22 bits per heavy atom. The summed E-state index contributed by atoms with van der Waals surface area (Å²) in [5.74, 6) is -0.0946. The average molecular weight is 593 g/mol. The third-order valence-corrected chi connectivity index (χ3v) is 9.88. The second-order valence-corrected chi connectivity index (χ2v) is 12.3. The number of thioether (sulfide) groups is 2. The van der Waals surface area contributed by atoms with E-state index in [0.29, 0.717) is 35.9 Å². The van der Waals surface area contributed by atoms with Gasteiger partial charge in [0.1, 0.15) is 10.8 Å². The predicted octanol–water partition coefficient (Wildman–Crippen LogP) is 4.57. The predicted molar refractivity (Wildman–Crippen MR) is 158 cm³/mol. The molecule has 4 rings (SSSR count). The fraction of sp³-hybridized carbons (Fsp3) is 0.419. The van der Waals surface area contributed by atoms with Crippen molar-refractivity contribution in [3.05, 3.63) is 70.8 Å². The van der Waals surface area contributed by atoms with Crippen molar-refractivity contribution < 1.29 is 29.0 Å². The highest BCUT2D eigenvalue weighted by Crippen LogP contribution is 2.37. The zero-order valence-electron chi connectivity index (χ0n) is 23.2. The average Bonchev–Trinajstić information content (AvgIpc) is 3.54. The maximum absolute atomic E-state index is 11.9. The van der Waals surface area contributed by atoms with Gasteiger partial charge >= 0.3 is 11.9 Å². The van der Waals surface area contributed by atoms with Gasteiger partial charge in [-0.2, -0.15) is 34.0 Å². The third-order valence-electron chi connectivity index (χ3n) is 7.56. The number of methoxy groups -OCH3 is 1. The second-order valence-electron chi connectivity index (χ2n) is 10.4. The lowest BCUT2D eigenvalue weighted by molar-refractivity contribution is -0.142. The Labute approximate surface area is 248 Å². The van der Waals surface area contributed by atoms with Gasteiger partial charge in [0, 0.05) is 11.5 Å². The fourth-order valence-electron chi connectivity index (χ4n) is 4.64. The van der Waals surface area contributed by atoms with Crippen LogP contribution in [0.25, 0.3) is 0 Å². The number of hydrogen-bond acceptors (Lipinski definition) is 9. The van der Waals surface area contributed by atoms with E-state index in [0.717, 1.165) is 22.3 Å². The number of esters is 1. The van der Waals surface area contributed by atoms with Gasteiger partial charge in [0.25, 0.3) is 0 Å². The lowest BCUT2D eigenvalue weighted by Crippen LogP contribution is -2.30. The van der Waals surface area contributed by atoms with Gasteiger partial charge in [0.15, 0.2) is 11.6 Å². The molecule has 1 N–H and O–H groups in total. The molecule has 2 aromatic rings. The molecule has 0 spiro atoms. The normalized spacial score (nSPS) is 23.0. The van der Waals surface area contributed by atoms with Crippen molar-refractivity contribution in [2.24, 2.45) is 10.8 Å². The first kappa shape index (κ1) is 31.9. The van der Waals surface area contributed by atoms with E-state index < -0.39 is 22.7 Å². The van der Waals surface area contributed by atoms with Crippen molar-refractivity contribution in [3.63, 3.8) is 0 Å². The van der Waals surface area contributed by atoms with Crippen LogP contribution in [0.1, 0.15) is 47.9 Å². The molecule has 0 amide bonds. The third kappa shape index (κ3) is 7.38. The van der Waals surface area contributed by atoms with Crippen LogP contribution in [0.3, 0.4) is 0 Å². The summed E-state index contributed by atoms with van der Waals surface area (Å²) in [5, 5.41) is 27.6. The van der Waals surface area contributed by atoms with Crippen LogP contribution in [0.5, 0.6) is 0 Å². The molecule has 41 heavy (non-hydrogen) atoms. The standard InChI is InChI=1S/C16H17NO3S.C15H15NO3S/c1-11(15(19)20-2)13-5-3-12(4-6-13)7-16(9-17)10-21-8-14(16)18;1-10(14(18)19)12-4-2-11(3-5-12)6-15(8-16)9-20-7-13(15)17/h3-6,11H,7-8,10H2,1-2H3;2-5,10H,6-7,9H2,1H3,(H,18,19). The van der Waals surface area contributed by atoms with E-state index >= 15 is 0 Å². The zero-order chi connectivity index (χ0) is 30.2. The van der Waals surface area contributed by atoms with Crippen LogP contribution in [0.4, 0.5) is 0 Å². The number of rotatable bonds is 8. The molecule has 0 aromatic heterocycles. The van der Waals surface area contributed by atoms with E-state index in [-0.39, 0.29) is 23.5 Å². The van der Waals surface area contributed by atoms with E-state index in [9.17, 15) is 29.7 Å². The molecule has 2 heterocycles. The van der Waals surface area contributed by atoms with E-state index in [1.165, 1.54) is 30.6 Å². The van der Waals surface area contributed by atoms with Crippen molar-refractivity contribution in [2.45, 2.75) is 38.5 Å². The first-order valence-electron chi connectivity index (χ1n) is 13.0. The van der Waals surface area contributed by atoms with E-state index in [2.05, 4.69) is 12.1 Å². The minimum absolute atomic E-state index is 0.00650. The molecule has 8 nitrogen and oxygen atoms in total. The minimum atomic E-state index is -0.912. The van der Waals surface area contributed by atoms with Crippen LogP contribution < -0.4 is 0 Å². The summed E-state index contributed by atoms with van der Waals surface area (Å²) in [6.07, 6.45) is 0.833. The first-order chi connectivity index (χ1) is 19.5. The molecule has 2 fully saturated rings. The molecular formula is C31H32N2O6S2. The van der Waals surface area contributed by atoms with Gasteiger partial charge < -0.3 is 9.84 Å². The lowest BCUT2D eigenvalue weighted by atomic mass is 9.81. The number of carboxylic acid groups (broad SMARTS) is 1. The van der Waals surface area contributed by atoms with Gasteiger partial charge in [-0.25, -0.2) is 0 Å². The Morgan fingerprint density at radius 3 is 1.51 bits per heavy atom. The van der Waals surface area contributed by atoms with Crippen LogP contribution in [0.15, 0.2) is 48.5 Å². The van der Waals surface area contributed by atoms with Crippen molar-refractivity contribution in [2.75, 3.05) is 30.1 Å². The number of hydrogen-bond donors (Lipinski definition) is 1. The molecule has 2 saturated heterocycles. The number of ether oxygens (including phenoxy) is 1. The molecular weight excluding hydrogens is 560 g/mol. The molecule has 0 bridgehead atoms. The summed E-state index contributed by atoms with van der Waals surface area (Å²) >= 11 is 3.01. The number of aliphatic carboxylic acids is 1. The lowest BCUT2D eigenvalue weighted by Gasteiger charge is -2.18. The van der Waals surface area contributed by atoms with Crippen LogP contribution in [0, 0.1) is 33.5 Å². The smallest absolute Gasteiger partial charge is 0.312 e. The molecule has 0 saturated carbocycles. The molecule has 0 radical (unpaired) electrons. The van der Waals surface area contributed by atoms with Crippen molar-refractivity contribution in [1.82, 2.24) is 0 Å². The van der Waals surface area contributed by atoms with Gasteiger partial charge in [0.05, 0.1) is 42.6 Å². The van der Waals surface area contributed by atoms with Crippen molar-refractivity contribution >= 4 is 47.0 Å². The Hall–Kier alpha value is -3.60. The molecule has 2 aliphatic rings. The van der Waals surface area contributed by atoms with Gasteiger partial charge in [-0.15, -0.1) is 0 Å². The second kappa shape index (κ2) is 13.8. The quantitative estimate of drug-likeness (QED) is 0.433. The Kier molecular flexibility index (Phi) is 10.8. The van der Waals surface area contributed by atoms with Crippen LogP contribution in [-0.2, 0) is 36.8 Å². The molecule has 0 aliphatic carbocycles. The summed E-state index contributed by atoms with van der Waals surface area (Å²) in [6, 6.07) is 19.0. The number of carboxylic acids is 1. The molecule has 4 unspecified atom stereocenters. The van der Waals surface area contributed by atoms with E-state index in [1.54, 1.807) is 26.0 Å². The van der Waals surface area contributed by atoms with Gasteiger partial charge in [-0.3, -0.25) is 19.2 Å². The van der Waals surface area contributed by atoms with Crippen molar-refractivity contribution in [1.29, 1.82) is 10.5 Å². The maximum Gasteiger partial charge on any atom is 0.312 e. The van der Waals surface area contributed by atoms with E-state index in [4.69, 9.17) is 9.84 Å². The van der Waals surface area contributed by atoms with Crippen LogP contribution >= 0.6 is 23.5 Å². The number of nitriles is 2. The summed E-state index contributed by atoms with van der Waals surface area (Å²) in [4.78, 5) is 46.2. The monoisotopic (exact) mass is 592 g/mol. The number of Topliss-reactive ketones (excluding diaryl/α,β-unsaturated/α-hetero) is 2. The number of benzene rings is 2. The Morgan fingerprint density at radius 1 is 0.829 bits per heavy atom. The first-order valence-corrected chi connectivity index (χ1v) is 15.3. The highest BCUT2D eigenvalue weighted by molar-refractivity contribution is 8.00. The Bertz CT molecular complexity index is 1380. The fourth-order valence-corrected chi connectivity index (χ4v) is 7.12. The number of ketones is 2. The van der Waals surface area contributed by atoms with E-state index in [1.807, 2.05) is 36.4 Å². The number of carbonyl (C=O) groups excluding carboxylic acids is 3. The largest absolute Gasteiger partial charge is 0.481 e. The van der Waals surface area contributed by atoms with Gasteiger partial charge in [-0.05, 0) is 48.9 Å². The molecule has 2 aromatic carbocycles. The van der Waals surface area contributed by atoms with Gasteiger partial charge in [0.2, 0.25) is 0 Å². The topological polar surface area (TPSA) is 145 Å². The molecule has 2 aliphatic heterocycles. The summed E-state index contributed by atoms with van der Waals surface area (Å²) < 4.78 is 4.72. The number of nitrogens with zero attached hydrogens (tertiary/aromatic N) is 2. The molecule has 214 valence electrons. The van der Waals surface area contributed by atoms with Crippen LogP contribution in [0.2, 0.25) is 0 Å². The Balaban J connectivity index is 0.000000226. The highest BCUT2D eigenvalue weighted by atomic mass is 32.2. The summed E-state index contributed by atoms with van der Waals surface area (Å²) in [7, 11) is 1.37. The summed E-state index contributed by atoms with van der Waals surface area (Å²) in [6.45, 7) is 3.42. The maximum atomic E-state index is 11.9. The number of carbonyl (C=O) groups is 4. The summed E-state index contributed by atoms with van der Waals surface area (Å²) in [5.41, 5.74) is 1.62. The zero-order valence-corrected chi connectivity index (χ0v) is 24.8. The highest BCUT2D eigenvalue weighted by Gasteiger charge is 2.44. The molecule has 10 heteroatoms. The van der Waals surface area contributed by atoms with Gasteiger partial charge in [-0.1, -0.05) is 48.5 Å². The van der Waals surface area contributed by atoms with Crippen molar-refractivity contribution in [3.8, 4) is 12.1 Å². The molecule has 4 atom stereocenters. The minimum Gasteiger partial charge on any atom is -0.481 e.